The van der Waals surface area contributed by atoms with Gasteiger partial charge in [0, 0.05) is 31.2 Å². The number of aliphatic carboxylic acids is 1. The Morgan fingerprint density at radius 1 is 1.23 bits per heavy atom. The molecule has 2 heterocycles. The Hall–Kier alpha value is -2.70. The van der Waals surface area contributed by atoms with Gasteiger partial charge in [-0.3, -0.25) is 14.3 Å². The molecule has 0 bridgehead atoms. The lowest BCUT2D eigenvalue weighted by Crippen LogP contribution is -2.30. The van der Waals surface area contributed by atoms with Crippen LogP contribution in [0.2, 0.25) is 0 Å². The fourth-order valence-corrected chi connectivity index (χ4v) is 3.74. The number of carbonyl (C=O) groups excluding carboxylic acids is 1. The number of benzene rings is 1. The van der Waals surface area contributed by atoms with Crippen LogP contribution in [0, 0.1) is 25.6 Å². The van der Waals surface area contributed by atoms with Crippen molar-refractivity contribution in [2.75, 3.05) is 13.1 Å². The normalized spacial score (nSPS) is 19.8. The molecule has 7 heteroatoms. The minimum absolute atomic E-state index is 0.131. The maximum Gasteiger partial charge on any atom is 0.308 e. The summed E-state index contributed by atoms with van der Waals surface area (Å²) in [6.07, 6.45) is 0. The van der Waals surface area contributed by atoms with E-state index >= 15 is 0 Å². The number of aromatic nitrogens is 2. The molecule has 1 aliphatic rings. The van der Waals surface area contributed by atoms with Crippen molar-refractivity contribution in [3.63, 3.8) is 0 Å². The van der Waals surface area contributed by atoms with Crippen LogP contribution in [0.4, 0.5) is 4.39 Å². The standard InChI is InChI=1S/C19H22FN3O3/c1-4-23-12(3)17(11(2)21-23)18(24)22-9-15(16(10-22)19(25)26)13-5-7-14(20)8-6-13/h5-8,15-16H,4,9-10H2,1-3H3,(H,25,26)/t15-,16+/m1/s1. The zero-order valence-electron chi connectivity index (χ0n) is 15.1. The van der Waals surface area contributed by atoms with Crippen LogP contribution in [0.25, 0.3) is 0 Å². The quantitative estimate of drug-likeness (QED) is 0.910. The van der Waals surface area contributed by atoms with Crippen molar-refractivity contribution >= 4 is 11.9 Å². The van der Waals surface area contributed by atoms with Crippen LogP contribution in [0.5, 0.6) is 0 Å². The first kappa shape index (κ1) is 18.1. The molecule has 1 amide bonds. The molecule has 1 N–H and O–H groups in total. The van der Waals surface area contributed by atoms with Gasteiger partial charge in [-0.25, -0.2) is 4.39 Å². The second-order valence-electron chi connectivity index (χ2n) is 6.67. The maximum absolute atomic E-state index is 13.2. The average molecular weight is 359 g/mol. The highest BCUT2D eigenvalue weighted by atomic mass is 19.1. The third-order valence-corrected chi connectivity index (χ3v) is 5.12. The van der Waals surface area contributed by atoms with Gasteiger partial charge in [0.1, 0.15) is 5.82 Å². The number of hydrogen-bond donors (Lipinski definition) is 1. The fraction of sp³-hybridized carbons (Fsp3) is 0.421. The van der Waals surface area contributed by atoms with Gasteiger partial charge in [0.2, 0.25) is 0 Å². The summed E-state index contributed by atoms with van der Waals surface area (Å²) < 4.78 is 15.0. The van der Waals surface area contributed by atoms with Crippen molar-refractivity contribution in [2.45, 2.75) is 33.2 Å². The SMILES string of the molecule is CCn1nc(C)c(C(=O)N2C[C@H](C(=O)O)[C@@H](c3ccc(F)cc3)C2)c1C. The maximum atomic E-state index is 13.2. The lowest BCUT2D eigenvalue weighted by atomic mass is 9.89. The average Bonchev–Trinajstić information content (AvgIpc) is 3.17. The van der Waals surface area contributed by atoms with Gasteiger partial charge in [0.15, 0.2) is 0 Å². The Labute approximate surface area is 151 Å². The first-order chi connectivity index (χ1) is 12.3. The Kier molecular flexibility index (Phi) is 4.80. The largest absolute Gasteiger partial charge is 0.481 e. The van der Waals surface area contributed by atoms with E-state index in [1.54, 1.807) is 28.6 Å². The van der Waals surface area contributed by atoms with Crippen molar-refractivity contribution in [1.29, 1.82) is 0 Å². The predicted octanol–water partition coefficient (Wildman–Crippen LogP) is 2.60. The van der Waals surface area contributed by atoms with Crippen molar-refractivity contribution in [2.24, 2.45) is 5.92 Å². The number of rotatable bonds is 4. The first-order valence-corrected chi connectivity index (χ1v) is 8.65. The van der Waals surface area contributed by atoms with Gasteiger partial charge in [-0.15, -0.1) is 0 Å². The van der Waals surface area contributed by atoms with Gasteiger partial charge in [-0.1, -0.05) is 12.1 Å². The van der Waals surface area contributed by atoms with Crippen LogP contribution in [0.1, 0.15) is 40.2 Å². The molecule has 2 aromatic rings. The number of nitrogens with zero attached hydrogens (tertiary/aromatic N) is 3. The van der Waals surface area contributed by atoms with Gasteiger partial charge in [-0.05, 0) is 38.5 Å². The number of carboxylic acid groups (broad SMARTS) is 1. The lowest BCUT2D eigenvalue weighted by molar-refractivity contribution is -0.141. The molecule has 1 aliphatic heterocycles. The van der Waals surface area contributed by atoms with Gasteiger partial charge < -0.3 is 10.0 Å². The minimum Gasteiger partial charge on any atom is -0.481 e. The molecule has 0 aliphatic carbocycles. The number of carboxylic acids is 1. The van der Waals surface area contributed by atoms with E-state index in [0.717, 1.165) is 11.3 Å². The number of halogens is 1. The summed E-state index contributed by atoms with van der Waals surface area (Å²) in [5.41, 5.74) is 2.70. The van der Waals surface area contributed by atoms with Crippen molar-refractivity contribution in [3.8, 4) is 0 Å². The van der Waals surface area contributed by atoms with E-state index in [9.17, 15) is 19.1 Å². The number of likely N-dealkylation sites (tertiary alicyclic amines) is 1. The molecule has 138 valence electrons. The highest BCUT2D eigenvalue weighted by molar-refractivity contribution is 5.97. The van der Waals surface area contributed by atoms with Gasteiger partial charge in [0.05, 0.1) is 17.2 Å². The molecule has 6 nitrogen and oxygen atoms in total. The third-order valence-electron chi connectivity index (χ3n) is 5.12. The van der Waals surface area contributed by atoms with E-state index < -0.39 is 11.9 Å². The molecule has 0 saturated carbocycles. The Morgan fingerprint density at radius 3 is 2.42 bits per heavy atom. The second-order valence-corrected chi connectivity index (χ2v) is 6.67. The minimum atomic E-state index is -0.952. The molecule has 0 radical (unpaired) electrons. The summed E-state index contributed by atoms with van der Waals surface area (Å²) in [5, 5.41) is 14.0. The smallest absolute Gasteiger partial charge is 0.308 e. The molecule has 3 rings (SSSR count). The molecular formula is C19H22FN3O3. The van der Waals surface area contributed by atoms with Crippen molar-refractivity contribution in [1.82, 2.24) is 14.7 Å². The zero-order valence-corrected chi connectivity index (χ0v) is 15.1. The van der Waals surface area contributed by atoms with Gasteiger partial charge >= 0.3 is 5.97 Å². The number of amides is 1. The summed E-state index contributed by atoms with van der Waals surface area (Å²) in [6, 6.07) is 5.82. The van der Waals surface area contributed by atoms with Gasteiger partial charge in [0.25, 0.3) is 5.91 Å². The van der Waals surface area contributed by atoms with E-state index in [1.165, 1.54) is 12.1 Å². The van der Waals surface area contributed by atoms with Crippen LogP contribution in [0.15, 0.2) is 24.3 Å². The first-order valence-electron chi connectivity index (χ1n) is 8.65. The molecule has 1 fully saturated rings. The summed E-state index contributed by atoms with van der Waals surface area (Å²) in [4.78, 5) is 26.3. The van der Waals surface area contributed by atoms with Crippen LogP contribution in [0.3, 0.4) is 0 Å². The molecule has 1 saturated heterocycles. The summed E-state index contributed by atoms with van der Waals surface area (Å²) in [5.74, 6) is -2.60. The predicted molar refractivity (Wildman–Crippen MR) is 93.5 cm³/mol. The molecule has 2 atom stereocenters. The Morgan fingerprint density at radius 2 is 1.88 bits per heavy atom. The Bertz CT molecular complexity index is 844. The second kappa shape index (κ2) is 6.90. The molecule has 1 aromatic heterocycles. The fourth-order valence-electron chi connectivity index (χ4n) is 3.74. The molecular weight excluding hydrogens is 337 g/mol. The van der Waals surface area contributed by atoms with Crippen molar-refractivity contribution in [3.05, 3.63) is 52.6 Å². The topological polar surface area (TPSA) is 75.4 Å². The molecule has 0 spiro atoms. The number of hydrogen-bond acceptors (Lipinski definition) is 3. The Balaban J connectivity index is 1.90. The zero-order chi connectivity index (χ0) is 19.0. The van der Waals surface area contributed by atoms with Crippen LogP contribution < -0.4 is 0 Å². The highest BCUT2D eigenvalue weighted by Crippen LogP contribution is 2.34. The van der Waals surface area contributed by atoms with Crippen molar-refractivity contribution < 1.29 is 19.1 Å². The van der Waals surface area contributed by atoms with Gasteiger partial charge in [-0.2, -0.15) is 5.10 Å². The van der Waals surface area contributed by atoms with E-state index in [2.05, 4.69) is 5.10 Å². The summed E-state index contributed by atoms with van der Waals surface area (Å²) in [7, 11) is 0. The molecule has 1 aromatic carbocycles. The third kappa shape index (κ3) is 3.09. The van der Waals surface area contributed by atoms with E-state index in [0.29, 0.717) is 17.8 Å². The number of carbonyl (C=O) groups is 2. The monoisotopic (exact) mass is 359 g/mol. The van der Waals surface area contributed by atoms with E-state index in [4.69, 9.17) is 0 Å². The summed E-state index contributed by atoms with van der Waals surface area (Å²) in [6.45, 7) is 6.67. The van der Waals surface area contributed by atoms with E-state index in [-0.39, 0.29) is 30.7 Å². The lowest BCUT2D eigenvalue weighted by Gasteiger charge is -2.17. The van der Waals surface area contributed by atoms with Crippen LogP contribution in [-0.2, 0) is 11.3 Å². The van der Waals surface area contributed by atoms with Crippen LogP contribution >= 0.6 is 0 Å². The number of aryl methyl sites for hydroxylation is 2. The molecule has 26 heavy (non-hydrogen) atoms. The van der Waals surface area contributed by atoms with E-state index in [1.807, 2.05) is 13.8 Å². The van der Waals surface area contributed by atoms with Crippen LogP contribution in [-0.4, -0.2) is 44.8 Å². The highest BCUT2D eigenvalue weighted by Gasteiger charge is 2.41. The summed E-state index contributed by atoms with van der Waals surface area (Å²) >= 11 is 0. The molecule has 0 unspecified atom stereocenters.